The van der Waals surface area contributed by atoms with E-state index in [2.05, 4.69) is 4.74 Å². The Bertz CT molecular complexity index is 473. The quantitative estimate of drug-likeness (QED) is 0.843. The first-order chi connectivity index (χ1) is 6.83. The van der Waals surface area contributed by atoms with E-state index in [9.17, 15) is 17.2 Å². The van der Waals surface area contributed by atoms with Gasteiger partial charge in [-0.15, -0.1) is 0 Å². The summed E-state index contributed by atoms with van der Waals surface area (Å²) >= 11 is 0. The predicted molar refractivity (Wildman–Crippen MR) is 49.7 cm³/mol. The van der Waals surface area contributed by atoms with Crippen LogP contribution in [0.15, 0.2) is 12.1 Å². The molecule has 15 heavy (non-hydrogen) atoms. The number of hydrogen-bond donors (Lipinski definition) is 1. The molecule has 2 N–H and O–H groups in total. The number of sulfonamides is 1. The second kappa shape index (κ2) is 4.11. The molecule has 0 fully saturated rings. The van der Waals surface area contributed by atoms with Crippen LogP contribution >= 0.6 is 0 Å². The zero-order chi connectivity index (χ0) is 11.6. The fraction of sp³-hybridized carbons (Fsp3) is 0.250. The number of nitrogens with two attached hydrogens (primary N) is 1. The first-order valence-corrected chi connectivity index (χ1v) is 5.57. The van der Waals surface area contributed by atoms with Gasteiger partial charge in [-0.25, -0.2) is 22.3 Å². The maximum Gasteiger partial charge on any atom is 0.213 e. The minimum atomic E-state index is -3.89. The molecule has 84 valence electrons. The third-order valence-corrected chi connectivity index (χ3v) is 2.38. The van der Waals surface area contributed by atoms with Crippen LogP contribution in [0, 0.1) is 11.6 Å². The molecule has 0 aliphatic heterocycles. The number of rotatable bonds is 3. The van der Waals surface area contributed by atoms with Crippen molar-refractivity contribution in [1.82, 2.24) is 0 Å². The third-order valence-electron chi connectivity index (χ3n) is 1.68. The van der Waals surface area contributed by atoms with E-state index in [-0.39, 0.29) is 11.3 Å². The molecule has 0 saturated carbocycles. The standard InChI is InChI=1S/C8H9F2NO3S/c1-14-8-3-5(9)2-7(10)6(8)4-15(11,12)13/h2-3H,4H2,1H3,(H2,11,12,13). The van der Waals surface area contributed by atoms with Gasteiger partial charge >= 0.3 is 0 Å². The van der Waals surface area contributed by atoms with Gasteiger partial charge in [0, 0.05) is 17.7 Å². The Labute approximate surface area is 85.7 Å². The highest BCUT2D eigenvalue weighted by atomic mass is 32.2. The Balaban J connectivity index is 3.27. The van der Waals surface area contributed by atoms with Gasteiger partial charge in [-0.2, -0.15) is 0 Å². The van der Waals surface area contributed by atoms with Crippen molar-refractivity contribution in [1.29, 1.82) is 0 Å². The zero-order valence-electron chi connectivity index (χ0n) is 7.83. The highest BCUT2D eigenvalue weighted by Gasteiger charge is 2.16. The molecule has 0 saturated heterocycles. The van der Waals surface area contributed by atoms with Gasteiger partial charge in [0.1, 0.15) is 17.4 Å². The second-order valence-electron chi connectivity index (χ2n) is 2.88. The maximum absolute atomic E-state index is 13.2. The van der Waals surface area contributed by atoms with Gasteiger partial charge in [-0.05, 0) is 0 Å². The van der Waals surface area contributed by atoms with Crippen LogP contribution in [0.1, 0.15) is 5.56 Å². The molecule has 1 aromatic rings. The molecule has 0 heterocycles. The molecule has 0 amide bonds. The second-order valence-corrected chi connectivity index (χ2v) is 4.49. The molecule has 0 radical (unpaired) electrons. The Morgan fingerprint density at radius 3 is 2.47 bits per heavy atom. The lowest BCUT2D eigenvalue weighted by molar-refractivity contribution is 0.401. The highest BCUT2D eigenvalue weighted by molar-refractivity contribution is 7.88. The number of primary sulfonamides is 1. The Hall–Kier alpha value is -1.21. The van der Waals surface area contributed by atoms with Crippen molar-refractivity contribution in [2.45, 2.75) is 5.75 Å². The monoisotopic (exact) mass is 237 g/mol. The molecule has 7 heteroatoms. The van der Waals surface area contributed by atoms with Gasteiger partial charge in [0.15, 0.2) is 0 Å². The minimum Gasteiger partial charge on any atom is -0.496 e. The number of hydrogen-bond acceptors (Lipinski definition) is 3. The van der Waals surface area contributed by atoms with Gasteiger partial charge in [0.2, 0.25) is 10.0 Å². The summed E-state index contributed by atoms with van der Waals surface area (Å²) in [6.07, 6.45) is 0. The fourth-order valence-electron chi connectivity index (χ4n) is 1.10. The van der Waals surface area contributed by atoms with Crippen LogP contribution < -0.4 is 9.88 Å². The highest BCUT2D eigenvalue weighted by Crippen LogP contribution is 2.24. The van der Waals surface area contributed by atoms with Gasteiger partial charge in [-0.1, -0.05) is 0 Å². The largest absolute Gasteiger partial charge is 0.496 e. The molecule has 0 spiro atoms. The van der Waals surface area contributed by atoms with Crippen molar-refractivity contribution >= 4 is 10.0 Å². The number of benzene rings is 1. The van der Waals surface area contributed by atoms with E-state index in [4.69, 9.17) is 5.14 Å². The summed E-state index contributed by atoms with van der Waals surface area (Å²) in [5.41, 5.74) is -0.276. The van der Waals surface area contributed by atoms with Gasteiger partial charge in [0.05, 0.1) is 12.9 Å². The first-order valence-electron chi connectivity index (χ1n) is 3.86. The van der Waals surface area contributed by atoms with Gasteiger partial charge < -0.3 is 4.74 Å². The third kappa shape index (κ3) is 3.14. The predicted octanol–water partition coefficient (Wildman–Crippen LogP) is 0.762. The van der Waals surface area contributed by atoms with Crippen LogP contribution in [-0.4, -0.2) is 15.5 Å². The summed E-state index contributed by atoms with van der Waals surface area (Å²) in [6.45, 7) is 0. The fourth-order valence-corrected chi connectivity index (χ4v) is 1.79. The van der Waals surface area contributed by atoms with E-state index in [1.54, 1.807) is 0 Å². The van der Waals surface area contributed by atoms with Crippen LogP contribution in [0.25, 0.3) is 0 Å². The molecule has 1 rings (SSSR count). The summed E-state index contributed by atoms with van der Waals surface area (Å²) in [7, 11) is -2.71. The van der Waals surface area contributed by atoms with E-state index in [0.717, 1.165) is 6.07 Å². The van der Waals surface area contributed by atoms with E-state index in [1.165, 1.54) is 7.11 Å². The van der Waals surface area contributed by atoms with Crippen LogP contribution in [0.5, 0.6) is 5.75 Å². The summed E-state index contributed by atoms with van der Waals surface area (Å²) in [5, 5.41) is 4.75. The molecule has 0 bridgehead atoms. The van der Waals surface area contributed by atoms with Crippen molar-refractivity contribution in [2.75, 3.05) is 7.11 Å². The zero-order valence-corrected chi connectivity index (χ0v) is 8.64. The molecule has 0 unspecified atom stereocenters. The SMILES string of the molecule is COc1cc(F)cc(F)c1CS(N)(=O)=O. The van der Waals surface area contributed by atoms with Crippen LogP contribution in [-0.2, 0) is 15.8 Å². The number of ether oxygens (including phenoxy) is 1. The van der Waals surface area contributed by atoms with Crippen LogP contribution in [0.3, 0.4) is 0 Å². The lowest BCUT2D eigenvalue weighted by atomic mass is 10.2. The number of halogens is 2. The average Bonchev–Trinajstić information content (AvgIpc) is 2.07. The van der Waals surface area contributed by atoms with Gasteiger partial charge in [0.25, 0.3) is 0 Å². The van der Waals surface area contributed by atoms with Crippen molar-refractivity contribution in [3.05, 3.63) is 29.3 Å². The van der Waals surface area contributed by atoms with Crippen molar-refractivity contribution in [3.8, 4) is 5.75 Å². The minimum absolute atomic E-state index is 0.179. The van der Waals surface area contributed by atoms with E-state index in [0.29, 0.717) is 6.07 Å². The van der Waals surface area contributed by atoms with Crippen molar-refractivity contribution < 1.29 is 21.9 Å². The molecular weight excluding hydrogens is 228 g/mol. The first kappa shape index (κ1) is 11.9. The average molecular weight is 237 g/mol. The van der Waals surface area contributed by atoms with Crippen LogP contribution in [0.4, 0.5) is 8.78 Å². The Morgan fingerprint density at radius 2 is 2.00 bits per heavy atom. The van der Waals surface area contributed by atoms with E-state index in [1.807, 2.05) is 0 Å². The van der Waals surface area contributed by atoms with E-state index >= 15 is 0 Å². The molecule has 0 aromatic heterocycles. The van der Waals surface area contributed by atoms with Crippen molar-refractivity contribution in [2.24, 2.45) is 5.14 Å². The van der Waals surface area contributed by atoms with Crippen LogP contribution in [0.2, 0.25) is 0 Å². The summed E-state index contributed by atoms with van der Waals surface area (Å²) in [5.74, 6) is -2.76. The molecule has 1 aromatic carbocycles. The lowest BCUT2D eigenvalue weighted by Gasteiger charge is -2.08. The Kier molecular flexibility index (Phi) is 3.25. The van der Waals surface area contributed by atoms with Crippen molar-refractivity contribution in [3.63, 3.8) is 0 Å². The molecular formula is C8H9F2NO3S. The summed E-state index contributed by atoms with van der Waals surface area (Å²) in [4.78, 5) is 0. The Morgan fingerprint density at radius 1 is 1.40 bits per heavy atom. The summed E-state index contributed by atoms with van der Waals surface area (Å²) < 4.78 is 52.1. The topological polar surface area (TPSA) is 69.4 Å². The summed E-state index contributed by atoms with van der Waals surface area (Å²) in [6, 6.07) is 1.46. The van der Waals surface area contributed by atoms with Gasteiger partial charge in [-0.3, -0.25) is 0 Å². The number of methoxy groups -OCH3 is 1. The molecule has 0 aliphatic rings. The molecule has 4 nitrogen and oxygen atoms in total. The smallest absolute Gasteiger partial charge is 0.213 e. The molecule has 0 aliphatic carbocycles. The van der Waals surface area contributed by atoms with E-state index < -0.39 is 27.4 Å². The normalized spacial score (nSPS) is 11.5. The lowest BCUT2D eigenvalue weighted by Crippen LogP contribution is -2.16. The maximum atomic E-state index is 13.2. The molecule has 0 atom stereocenters.